The van der Waals surface area contributed by atoms with Gasteiger partial charge in [-0.2, -0.15) is 0 Å². The normalized spacial score (nSPS) is 10.4. The molecule has 0 radical (unpaired) electrons. The van der Waals surface area contributed by atoms with Crippen LogP contribution in [0.3, 0.4) is 0 Å². The molecule has 0 aliphatic rings. The molecule has 0 unspecified atom stereocenters. The highest BCUT2D eigenvalue weighted by Gasteiger charge is 2.17. The first-order chi connectivity index (χ1) is 16.3. The second kappa shape index (κ2) is 13.1. The lowest BCUT2D eigenvalue weighted by molar-refractivity contribution is -0.126. The van der Waals surface area contributed by atoms with Crippen LogP contribution in [0.4, 0.5) is 18.9 Å². The van der Waals surface area contributed by atoms with E-state index in [-0.39, 0.29) is 5.56 Å². The van der Waals surface area contributed by atoms with Crippen molar-refractivity contribution in [3.63, 3.8) is 0 Å². The highest BCUT2D eigenvalue weighted by molar-refractivity contribution is 5.95. The second-order valence-electron chi connectivity index (χ2n) is 6.92. The van der Waals surface area contributed by atoms with Gasteiger partial charge in [-0.15, -0.1) is 0 Å². The lowest BCUT2D eigenvalue weighted by atomic mass is 10.2. The molecule has 0 bridgehead atoms. The Balaban J connectivity index is 1.85. The van der Waals surface area contributed by atoms with Gasteiger partial charge in [-0.1, -0.05) is 13.3 Å². The van der Waals surface area contributed by atoms with Gasteiger partial charge in [0.25, 0.3) is 5.91 Å². The molecule has 0 spiro atoms. The number of amides is 2. The van der Waals surface area contributed by atoms with Gasteiger partial charge in [0, 0.05) is 0 Å². The molecular formula is C23H25F3N2O6. The van der Waals surface area contributed by atoms with E-state index in [0.717, 1.165) is 18.9 Å². The molecule has 11 heteroatoms. The molecule has 2 amide bonds. The highest BCUT2D eigenvalue weighted by atomic mass is 19.2. The van der Waals surface area contributed by atoms with E-state index < -0.39 is 54.1 Å². The molecule has 2 aromatic rings. The first-order valence-corrected chi connectivity index (χ1v) is 10.5. The maximum Gasteiger partial charge on any atom is 0.338 e. The van der Waals surface area contributed by atoms with Crippen molar-refractivity contribution in [2.24, 2.45) is 0 Å². The predicted octanol–water partition coefficient (Wildman–Crippen LogP) is 3.59. The minimum Gasteiger partial charge on any atom is -0.490 e. The average Bonchev–Trinajstić information content (AvgIpc) is 2.82. The van der Waals surface area contributed by atoms with Gasteiger partial charge < -0.3 is 24.8 Å². The highest BCUT2D eigenvalue weighted by Crippen LogP contribution is 2.29. The van der Waals surface area contributed by atoms with Crippen LogP contribution >= 0.6 is 0 Å². The van der Waals surface area contributed by atoms with Gasteiger partial charge in [-0.25, -0.2) is 18.0 Å². The van der Waals surface area contributed by atoms with Crippen LogP contribution in [-0.2, 0) is 14.3 Å². The zero-order chi connectivity index (χ0) is 25.1. The SMILES string of the molecule is CCCCOc1ccc(C(=O)OCC(=O)NCC(=O)Nc2ccc(F)c(F)c2F)cc1OCC. The molecular weight excluding hydrogens is 457 g/mol. The molecule has 0 aromatic heterocycles. The van der Waals surface area contributed by atoms with E-state index >= 15 is 0 Å². The molecule has 8 nitrogen and oxygen atoms in total. The Labute approximate surface area is 194 Å². The molecule has 34 heavy (non-hydrogen) atoms. The molecule has 0 fully saturated rings. The van der Waals surface area contributed by atoms with Crippen LogP contribution in [0, 0.1) is 17.5 Å². The summed E-state index contributed by atoms with van der Waals surface area (Å²) >= 11 is 0. The zero-order valence-electron chi connectivity index (χ0n) is 18.7. The Morgan fingerprint density at radius 1 is 0.912 bits per heavy atom. The van der Waals surface area contributed by atoms with Crippen molar-refractivity contribution in [2.45, 2.75) is 26.7 Å². The van der Waals surface area contributed by atoms with Gasteiger partial charge in [0.1, 0.15) is 0 Å². The smallest absolute Gasteiger partial charge is 0.338 e. The summed E-state index contributed by atoms with van der Waals surface area (Å²) in [7, 11) is 0. The maximum atomic E-state index is 13.6. The van der Waals surface area contributed by atoms with Crippen molar-refractivity contribution in [1.82, 2.24) is 5.32 Å². The van der Waals surface area contributed by atoms with Crippen molar-refractivity contribution >= 4 is 23.5 Å². The minimum atomic E-state index is -1.73. The van der Waals surface area contributed by atoms with Crippen LogP contribution in [0.1, 0.15) is 37.0 Å². The monoisotopic (exact) mass is 482 g/mol. The first kappa shape index (κ1) is 26.5. The summed E-state index contributed by atoms with van der Waals surface area (Å²) in [4.78, 5) is 36.0. The third-order valence-corrected chi connectivity index (χ3v) is 4.32. The number of carbonyl (C=O) groups is 3. The molecule has 184 valence electrons. The second-order valence-corrected chi connectivity index (χ2v) is 6.92. The fourth-order valence-corrected chi connectivity index (χ4v) is 2.61. The standard InChI is InChI=1S/C23H25F3N2O6/c1-3-5-10-33-17-9-6-14(11-18(17)32-4-2)23(31)34-13-20(30)27-12-19(29)28-16-8-7-15(24)21(25)22(16)26/h6-9,11H,3-5,10,12-13H2,1-2H3,(H,27,30)(H,28,29). The van der Waals surface area contributed by atoms with Crippen molar-refractivity contribution < 1.29 is 41.8 Å². The summed E-state index contributed by atoms with van der Waals surface area (Å²) in [5, 5.41) is 4.16. The Morgan fingerprint density at radius 3 is 2.38 bits per heavy atom. The number of halogens is 3. The van der Waals surface area contributed by atoms with Crippen molar-refractivity contribution in [3.8, 4) is 11.5 Å². The van der Waals surface area contributed by atoms with Gasteiger partial charge in [-0.05, 0) is 43.7 Å². The summed E-state index contributed by atoms with van der Waals surface area (Å²) in [5.74, 6) is -6.37. The van der Waals surface area contributed by atoms with E-state index in [1.807, 2.05) is 12.2 Å². The van der Waals surface area contributed by atoms with Crippen LogP contribution in [0.5, 0.6) is 11.5 Å². The van der Waals surface area contributed by atoms with Gasteiger partial charge in [0.15, 0.2) is 35.6 Å². The molecule has 0 aliphatic carbocycles. The van der Waals surface area contributed by atoms with E-state index in [1.165, 1.54) is 12.1 Å². The summed E-state index contributed by atoms with van der Waals surface area (Å²) < 4.78 is 55.8. The van der Waals surface area contributed by atoms with Crippen LogP contribution in [0.15, 0.2) is 30.3 Å². The van der Waals surface area contributed by atoms with Gasteiger partial charge in [0.05, 0.1) is 31.0 Å². The van der Waals surface area contributed by atoms with Gasteiger partial charge >= 0.3 is 5.97 Å². The summed E-state index contributed by atoms with van der Waals surface area (Å²) in [6.45, 7) is 3.35. The van der Waals surface area contributed by atoms with Crippen LogP contribution in [-0.4, -0.2) is 44.1 Å². The first-order valence-electron chi connectivity index (χ1n) is 10.5. The van der Waals surface area contributed by atoms with Crippen molar-refractivity contribution in [3.05, 3.63) is 53.3 Å². The number of anilines is 1. The fourth-order valence-electron chi connectivity index (χ4n) is 2.61. The maximum absolute atomic E-state index is 13.6. The fraction of sp³-hybridized carbons (Fsp3) is 0.348. The van der Waals surface area contributed by atoms with Crippen LogP contribution < -0.4 is 20.1 Å². The Bertz CT molecular complexity index is 1030. The van der Waals surface area contributed by atoms with Crippen LogP contribution in [0.25, 0.3) is 0 Å². The lowest BCUT2D eigenvalue weighted by Crippen LogP contribution is -2.35. The van der Waals surface area contributed by atoms with E-state index in [9.17, 15) is 27.6 Å². The number of hydrogen-bond acceptors (Lipinski definition) is 6. The Morgan fingerprint density at radius 2 is 1.68 bits per heavy atom. The Kier molecular flexibility index (Phi) is 10.2. The molecule has 0 heterocycles. The molecule has 0 saturated heterocycles. The predicted molar refractivity (Wildman–Crippen MR) is 116 cm³/mol. The number of benzene rings is 2. The third-order valence-electron chi connectivity index (χ3n) is 4.32. The number of rotatable bonds is 12. The minimum absolute atomic E-state index is 0.130. The topological polar surface area (TPSA) is 103 Å². The average molecular weight is 482 g/mol. The van der Waals surface area contributed by atoms with E-state index in [1.54, 1.807) is 13.0 Å². The largest absolute Gasteiger partial charge is 0.490 e. The van der Waals surface area contributed by atoms with Crippen molar-refractivity contribution in [2.75, 3.05) is 31.7 Å². The molecule has 0 atom stereocenters. The molecule has 2 aromatic carbocycles. The van der Waals surface area contributed by atoms with Gasteiger partial charge in [0.2, 0.25) is 5.91 Å². The number of nitrogens with one attached hydrogen (secondary N) is 2. The van der Waals surface area contributed by atoms with Crippen molar-refractivity contribution in [1.29, 1.82) is 0 Å². The molecule has 2 rings (SSSR count). The molecule has 0 saturated carbocycles. The number of unbranched alkanes of at least 4 members (excludes halogenated alkanes) is 1. The van der Waals surface area contributed by atoms with E-state index in [0.29, 0.717) is 30.8 Å². The number of ether oxygens (including phenoxy) is 3. The number of esters is 1. The van der Waals surface area contributed by atoms with Gasteiger partial charge in [-0.3, -0.25) is 9.59 Å². The summed E-state index contributed by atoms with van der Waals surface area (Å²) in [6, 6.07) is 5.96. The molecule has 0 aliphatic heterocycles. The quantitative estimate of drug-likeness (QED) is 0.272. The van der Waals surface area contributed by atoms with E-state index in [2.05, 4.69) is 5.32 Å². The third kappa shape index (κ3) is 7.68. The lowest BCUT2D eigenvalue weighted by Gasteiger charge is -2.13. The van der Waals surface area contributed by atoms with E-state index in [4.69, 9.17) is 14.2 Å². The molecule has 2 N–H and O–H groups in total. The zero-order valence-corrected chi connectivity index (χ0v) is 18.7. The summed E-state index contributed by atoms with van der Waals surface area (Å²) in [6.07, 6.45) is 1.82. The Hall–Kier alpha value is -3.76. The summed E-state index contributed by atoms with van der Waals surface area (Å²) in [5.41, 5.74) is -0.456. The number of hydrogen-bond donors (Lipinski definition) is 2. The number of carbonyl (C=O) groups excluding carboxylic acids is 3. The van der Waals surface area contributed by atoms with Crippen LogP contribution in [0.2, 0.25) is 0 Å².